The van der Waals surface area contributed by atoms with E-state index in [1.165, 1.54) is 0 Å². The van der Waals surface area contributed by atoms with Crippen LogP contribution in [0.5, 0.6) is 0 Å². The summed E-state index contributed by atoms with van der Waals surface area (Å²) < 4.78 is 27.3. The molecule has 0 aromatic rings. The van der Waals surface area contributed by atoms with Gasteiger partial charge < -0.3 is 5.32 Å². The smallest absolute Gasteiger partial charge is 0.215 e. The van der Waals surface area contributed by atoms with Crippen LogP contribution in [0.2, 0.25) is 0 Å². The predicted molar refractivity (Wildman–Crippen MR) is 84.2 cm³/mol. The summed E-state index contributed by atoms with van der Waals surface area (Å²) in [6.45, 7) is 8.48. The molecule has 3 atom stereocenters. The van der Waals surface area contributed by atoms with Crippen LogP contribution in [-0.4, -0.2) is 43.3 Å². The second-order valence-electron chi connectivity index (χ2n) is 5.62. The Hall–Kier alpha value is 0.220. The number of hydrogen-bond donors (Lipinski definition) is 2. The topological polar surface area (TPSA) is 58.2 Å². The van der Waals surface area contributed by atoms with Gasteiger partial charge in [-0.05, 0) is 31.9 Å². The van der Waals surface area contributed by atoms with E-state index < -0.39 is 10.0 Å². The van der Waals surface area contributed by atoms with Crippen molar-refractivity contribution in [1.29, 1.82) is 0 Å². The summed E-state index contributed by atoms with van der Waals surface area (Å²) in [7, 11) is -3.20. The highest BCUT2D eigenvalue weighted by Gasteiger charge is 2.30. The van der Waals surface area contributed by atoms with Crippen molar-refractivity contribution in [2.45, 2.75) is 69.5 Å². The van der Waals surface area contributed by atoms with E-state index >= 15 is 0 Å². The Morgan fingerprint density at radius 1 is 1.26 bits per heavy atom. The van der Waals surface area contributed by atoms with E-state index in [2.05, 4.69) is 17.0 Å². The van der Waals surface area contributed by atoms with Gasteiger partial charge in [0, 0.05) is 23.9 Å². The van der Waals surface area contributed by atoms with Gasteiger partial charge in [0.05, 0.1) is 5.25 Å². The second kappa shape index (κ2) is 7.86. The highest BCUT2D eigenvalue weighted by molar-refractivity contribution is 7.99. The zero-order valence-corrected chi connectivity index (χ0v) is 14.1. The van der Waals surface area contributed by atoms with Gasteiger partial charge >= 0.3 is 0 Å². The number of hydrogen-bond acceptors (Lipinski definition) is 4. The Labute approximate surface area is 122 Å². The summed E-state index contributed by atoms with van der Waals surface area (Å²) >= 11 is 1.94. The zero-order chi connectivity index (χ0) is 14.5. The summed E-state index contributed by atoms with van der Waals surface area (Å²) in [4.78, 5) is 0. The third-order valence-corrected chi connectivity index (χ3v) is 6.58. The second-order valence-corrected chi connectivity index (χ2v) is 9.33. The minimum absolute atomic E-state index is 0.135. The molecule has 0 aromatic carbocycles. The van der Waals surface area contributed by atoms with Crippen molar-refractivity contribution in [3.63, 3.8) is 0 Å². The van der Waals surface area contributed by atoms with E-state index in [1.807, 2.05) is 25.6 Å². The molecule has 0 aliphatic heterocycles. The maximum absolute atomic E-state index is 12.2. The molecular formula is C13H28N2O2S2. The molecule has 6 heteroatoms. The normalized spacial score (nSPS) is 25.9. The van der Waals surface area contributed by atoms with Crippen molar-refractivity contribution in [1.82, 2.24) is 10.0 Å². The van der Waals surface area contributed by atoms with Crippen LogP contribution < -0.4 is 10.0 Å². The van der Waals surface area contributed by atoms with Crippen molar-refractivity contribution in [3.8, 4) is 0 Å². The van der Waals surface area contributed by atoms with E-state index in [9.17, 15) is 8.42 Å². The van der Waals surface area contributed by atoms with Gasteiger partial charge in [0.1, 0.15) is 0 Å². The van der Waals surface area contributed by atoms with E-state index in [4.69, 9.17) is 0 Å². The summed E-state index contributed by atoms with van der Waals surface area (Å²) in [6.07, 6.45) is 3.08. The molecule has 0 heterocycles. The van der Waals surface area contributed by atoms with Gasteiger partial charge in [0.15, 0.2) is 0 Å². The third kappa shape index (κ3) is 6.02. The largest absolute Gasteiger partial charge is 0.313 e. The Kier molecular flexibility index (Phi) is 7.14. The standard InChI is InChI=1S/C13H28N2O2S2/c1-5-18-13-7-6-12(8-13)15-19(16,17)11(4)9-14-10(2)3/h10-15H,5-9H2,1-4H3. The van der Waals surface area contributed by atoms with Gasteiger partial charge in [0.25, 0.3) is 0 Å². The summed E-state index contributed by atoms with van der Waals surface area (Å²) in [6, 6.07) is 0.449. The van der Waals surface area contributed by atoms with Crippen LogP contribution in [-0.2, 0) is 10.0 Å². The van der Waals surface area contributed by atoms with E-state index in [1.54, 1.807) is 6.92 Å². The molecule has 4 nitrogen and oxygen atoms in total. The third-order valence-electron chi connectivity index (χ3n) is 3.46. The first kappa shape index (κ1) is 17.3. The molecule has 19 heavy (non-hydrogen) atoms. The quantitative estimate of drug-likeness (QED) is 0.720. The van der Waals surface area contributed by atoms with Gasteiger partial charge in [-0.25, -0.2) is 13.1 Å². The number of thioether (sulfide) groups is 1. The van der Waals surface area contributed by atoms with Crippen molar-refractivity contribution in [2.75, 3.05) is 12.3 Å². The molecule has 1 fully saturated rings. The van der Waals surface area contributed by atoms with Crippen LogP contribution >= 0.6 is 11.8 Å². The summed E-state index contributed by atoms with van der Waals surface area (Å²) in [5.74, 6) is 1.11. The lowest BCUT2D eigenvalue weighted by atomic mass is 10.3. The van der Waals surface area contributed by atoms with E-state index in [0.29, 0.717) is 17.8 Å². The molecule has 0 spiro atoms. The lowest BCUT2D eigenvalue weighted by Crippen LogP contribution is -2.44. The monoisotopic (exact) mass is 308 g/mol. The summed E-state index contributed by atoms with van der Waals surface area (Å²) in [5, 5.41) is 3.43. The van der Waals surface area contributed by atoms with Crippen LogP contribution in [0.3, 0.4) is 0 Å². The lowest BCUT2D eigenvalue weighted by molar-refractivity contribution is 0.523. The number of nitrogens with one attached hydrogen (secondary N) is 2. The molecular weight excluding hydrogens is 280 g/mol. The van der Waals surface area contributed by atoms with Gasteiger partial charge in [-0.1, -0.05) is 20.8 Å². The van der Waals surface area contributed by atoms with Gasteiger partial charge in [-0.2, -0.15) is 11.8 Å². The first-order chi connectivity index (χ1) is 8.85. The highest BCUT2D eigenvalue weighted by Crippen LogP contribution is 2.30. The molecule has 0 amide bonds. The minimum atomic E-state index is -3.20. The molecule has 1 saturated carbocycles. The molecule has 3 unspecified atom stereocenters. The number of sulfonamides is 1. The fourth-order valence-electron chi connectivity index (χ4n) is 2.29. The van der Waals surface area contributed by atoms with Crippen molar-refractivity contribution < 1.29 is 8.42 Å². The van der Waals surface area contributed by atoms with Crippen molar-refractivity contribution >= 4 is 21.8 Å². The van der Waals surface area contributed by atoms with Crippen molar-refractivity contribution in [3.05, 3.63) is 0 Å². The maximum atomic E-state index is 12.2. The molecule has 2 N–H and O–H groups in total. The van der Waals surface area contributed by atoms with Crippen LogP contribution in [0, 0.1) is 0 Å². The highest BCUT2D eigenvalue weighted by atomic mass is 32.2. The van der Waals surface area contributed by atoms with Crippen LogP contribution in [0.4, 0.5) is 0 Å². The molecule has 1 aliphatic rings. The molecule has 0 aromatic heterocycles. The lowest BCUT2D eigenvalue weighted by Gasteiger charge is -2.19. The predicted octanol–water partition coefficient (Wildman–Crippen LogP) is 1.97. The van der Waals surface area contributed by atoms with Crippen molar-refractivity contribution in [2.24, 2.45) is 0 Å². The van der Waals surface area contributed by atoms with Gasteiger partial charge in [-0.15, -0.1) is 0 Å². The van der Waals surface area contributed by atoms with Crippen LogP contribution in [0.1, 0.15) is 47.0 Å². The molecule has 114 valence electrons. The first-order valence-electron chi connectivity index (χ1n) is 7.21. The minimum Gasteiger partial charge on any atom is -0.313 e. The number of rotatable bonds is 8. The average molecular weight is 309 g/mol. The van der Waals surface area contributed by atoms with Crippen LogP contribution in [0.25, 0.3) is 0 Å². The zero-order valence-electron chi connectivity index (χ0n) is 12.5. The Morgan fingerprint density at radius 2 is 1.95 bits per heavy atom. The average Bonchev–Trinajstić information content (AvgIpc) is 2.73. The van der Waals surface area contributed by atoms with Gasteiger partial charge in [-0.3, -0.25) is 0 Å². The summed E-state index contributed by atoms with van der Waals surface area (Å²) in [5.41, 5.74) is 0. The van der Waals surface area contributed by atoms with E-state index in [-0.39, 0.29) is 11.3 Å². The fourth-order valence-corrected chi connectivity index (χ4v) is 4.66. The molecule has 0 bridgehead atoms. The Morgan fingerprint density at radius 3 is 2.53 bits per heavy atom. The van der Waals surface area contributed by atoms with Crippen LogP contribution in [0.15, 0.2) is 0 Å². The molecule has 1 aliphatic carbocycles. The molecule has 1 rings (SSSR count). The Bertz CT molecular complexity index is 358. The van der Waals surface area contributed by atoms with E-state index in [0.717, 1.165) is 25.0 Å². The fraction of sp³-hybridized carbons (Fsp3) is 1.00. The Balaban J connectivity index is 2.42. The maximum Gasteiger partial charge on any atom is 0.215 e. The molecule has 0 saturated heterocycles. The van der Waals surface area contributed by atoms with Gasteiger partial charge in [0.2, 0.25) is 10.0 Å². The molecule has 0 radical (unpaired) electrons. The first-order valence-corrected chi connectivity index (χ1v) is 9.80. The SMILES string of the molecule is CCSC1CCC(NS(=O)(=O)C(C)CNC(C)C)C1.